The van der Waals surface area contributed by atoms with Crippen molar-refractivity contribution >= 4 is 0 Å². The van der Waals surface area contributed by atoms with Gasteiger partial charge >= 0.3 is 0 Å². The molecule has 0 unspecified atom stereocenters. The van der Waals surface area contributed by atoms with E-state index in [1.54, 1.807) is 7.11 Å². The Balaban J connectivity index is 2.35. The summed E-state index contributed by atoms with van der Waals surface area (Å²) in [5.41, 5.74) is 0.624. The molecule has 1 saturated carbocycles. The van der Waals surface area contributed by atoms with Crippen LogP contribution < -0.4 is 0 Å². The van der Waals surface area contributed by atoms with Crippen LogP contribution in [0.25, 0.3) is 0 Å². The van der Waals surface area contributed by atoms with E-state index in [2.05, 4.69) is 0 Å². The molecule has 0 spiro atoms. The molecule has 0 amide bonds. The standard InChI is InChI=1S/C13H18O2/c1-15-13(10-6-5-9-12(13)14)11-7-3-2-4-8-11/h2-4,7-8,12,14H,5-6,9-10H2,1H3/t12-,13+/m1/s1. The molecule has 0 saturated heterocycles. The molecule has 2 atom stereocenters. The molecule has 2 heteroatoms. The number of hydrogen-bond donors (Lipinski definition) is 1. The van der Waals surface area contributed by atoms with Crippen LogP contribution in [-0.2, 0) is 10.3 Å². The van der Waals surface area contributed by atoms with E-state index in [0.29, 0.717) is 0 Å². The molecular formula is C13H18O2. The number of hydrogen-bond acceptors (Lipinski definition) is 2. The van der Waals surface area contributed by atoms with Crippen LogP contribution in [0.1, 0.15) is 31.2 Å². The summed E-state index contributed by atoms with van der Waals surface area (Å²) in [7, 11) is 1.70. The summed E-state index contributed by atoms with van der Waals surface area (Å²) >= 11 is 0. The second-order valence-corrected chi connectivity index (χ2v) is 4.22. The molecule has 1 aromatic rings. The predicted molar refractivity (Wildman–Crippen MR) is 59.6 cm³/mol. The van der Waals surface area contributed by atoms with Crippen LogP contribution in [0.4, 0.5) is 0 Å². The smallest absolute Gasteiger partial charge is 0.118 e. The van der Waals surface area contributed by atoms with E-state index in [1.807, 2.05) is 30.3 Å². The molecule has 0 aliphatic heterocycles. The van der Waals surface area contributed by atoms with Gasteiger partial charge in [-0.2, -0.15) is 0 Å². The summed E-state index contributed by atoms with van der Waals surface area (Å²) in [5, 5.41) is 10.1. The lowest BCUT2D eigenvalue weighted by Crippen LogP contribution is -2.43. The molecule has 82 valence electrons. The summed E-state index contributed by atoms with van der Waals surface area (Å²) in [6.07, 6.45) is 3.59. The topological polar surface area (TPSA) is 29.5 Å². The molecule has 2 rings (SSSR count). The Labute approximate surface area is 90.9 Å². The summed E-state index contributed by atoms with van der Waals surface area (Å²) in [6, 6.07) is 10.1. The highest BCUT2D eigenvalue weighted by atomic mass is 16.5. The van der Waals surface area contributed by atoms with Gasteiger partial charge in [0.05, 0.1) is 6.10 Å². The first-order chi connectivity index (χ1) is 7.29. The first kappa shape index (κ1) is 10.7. The van der Waals surface area contributed by atoms with Gasteiger partial charge in [0.2, 0.25) is 0 Å². The zero-order valence-corrected chi connectivity index (χ0v) is 9.15. The minimum atomic E-state index is -0.473. The highest BCUT2D eigenvalue weighted by molar-refractivity contribution is 5.24. The van der Waals surface area contributed by atoms with E-state index >= 15 is 0 Å². The fourth-order valence-corrected chi connectivity index (χ4v) is 2.54. The second kappa shape index (κ2) is 4.33. The molecule has 1 aliphatic carbocycles. The average molecular weight is 206 g/mol. The highest BCUT2D eigenvalue weighted by Gasteiger charge is 2.41. The number of aliphatic hydroxyl groups is 1. The number of aliphatic hydroxyl groups excluding tert-OH is 1. The molecule has 1 N–H and O–H groups in total. The van der Waals surface area contributed by atoms with Gasteiger partial charge < -0.3 is 9.84 Å². The lowest BCUT2D eigenvalue weighted by atomic mass is 9.77. The van der Waals surface area contributed by atoms with Gasteiger partial charge in [-0.3, -0.25) is 0 Å². The fourth-order valence-electron chi connectivity index (χ4n) is 2.54. The summed E-state index contributed by atoms with van der Waals surface area (Å²) in [4.78, 5) is 0. The van der Waals surface area contributed by atoms with Gasteiger partial charge in [0.15, 0.2) is 0 Å². The second-order valence-electron chi connectivity index (χ2n) is 4.22. The van der Waals surface area contributed by atoms with E-state index in [4.69, 9.17) is 4.74 Å². The zero-order chi connectivity index (χ0) is 10.7. The van der Waals surface area contributed by atoms with Crippen LogP contribution in [0.3, 0.4) is 0 Å². The van der Waals surface area contributed by atoms with Gasteiger partial charge in [0.1, 0.15) is 5.60 Å². The third-order valence-electron chi connectivity index (χ3n) is 3.44. The van der Waals surface area contributed by atoms with Crippen LogP contribution in [0.15, 0.2) is 30.3 Å². The quantitative estimate of drug-likeness (QED) is 0.805. The monoisotopic (exact) mass is 206 g/mol. The van der Waals surface area contributed by atoms with Crippen molar-refractivity contribution in [3.8, 4) is 0 Å². The Morgan fingerprint density at radius 1 is 1.27 bits per heavy atom. The highest BCUT2D eigenvalue weighted by Crippen LogP contribution is 2.39. The normalized spacial score (nSPS) is 31.5. The van der Waals surface area contributed by atoms with Crippen LogP contribution in [0.5, 0.6) is 0 Å². The fraction of sp³-hybridized carbons (Fsp3) is 0.538. The summed E-state index contributed by atoms with van der Waals surface area (Å²) in [6.45, 7) is 0. The molecule has 0 bridgehead atoms. The maximum absolute atomic E-state index is 10.1. The maximum atomic E-state index is 10.1. The van der Waals surface area contributed by atoms with Crippen LogP contribution in [-0.4, -0.2) is 18.3 Å². The number of ether oxygens (including phenoxy) is 1. The van der Waals surface area contributed by atoms with E-state index in [9.17, 15) is 5.11 Å². The van der Waals surface area contributed by atoms with Crippen LogP contribution in [0, 0.1) is 0 Å². The van der Waals surface area contributed by atoms with E-state index in [1.165, 1.54) is 0 Å². The van der Waals surface area contributed by atoms with Gasteiger partial charge in [-0.25, -0.2) is 0 Å². The SMILES string of the molecule is CO[C@]1(c2ccccc2)CCCC[C@H]1O. The third kappa shape index (κ3) is 1.80. The van der Waals surface area contributed by atoms with Gasteiger partial charge in [-0.1, -0.05) is 43.2 Å². The molecule has 1 fully saturated rings. The van der Waals surface area contributed by atoms with Crippen molar-refractivity contribution in [3.05, 3.63) is 35.9 Å². The number of methoxy groups -OCH3 is 1. The van der Waals surface area contributed by atoms with Crippen molar-refractivity contribution in [2.45, 2.75) is 37.4 Å². The Morgan fingerprint density at radius 3 is 2.60 bits per heavy atom. The molecule has 2 nitrogen and oxygen atoms in total. The summed E-state index contributed by atoms with van der Waals surface area (Å²) in [5.74, 6) is 0. The van der Waals surface area contributed by atoms with Crippen molar-refractivity contribution < 1.29 is 9.84 Å². The van der Waals surface area contributed by atoms with Crippen molar-refractivity contribution in [1.82, 2.24) is 0 Å². The first-order valence-electron chi connectivity index (χ1n) is 5.58. The van der Waals surface area contributed by atoms with Crippen molar-refractivity contribution in [2.24, 2.45) is 0 Å². The lowest BCUT2D eigenvalue weighted by molar-refractivity contribution is -0.131. The van der Waals surface area contributed by atoms with Gasteiger partial charge in [0, 0.05) is 7.11 Å². The Hall–Kier alpha value is -0.860. The van der Waals surface area contributed by atoms with E-state index in [0.717, 1.165) is 31.2 Å². The Bertz CT molecular complexity index is 310. The molecular weight excluding hydrogens is 188 g/mol. The van der Waals surface area contributed by atoms with Gasteiger partial charge in [-0.05, 0) is 18.4 Å². The van der Waals surface area contributed by atoms with Gasteiger partial charge in [0.25, 0.3) is 0 Å². The summed E-state index contributed by atoms with van der Waals surface area (Å²) < 4.78 is 5.63. The van der Waals surface area contributed by atoms with Crippen LogP contribution >= 0.6 is 0 Å². The van der Waals surface area contributed by atoms with E-state index in [-0.39, 0.29) is 6.10 Å². The molecule has 15 heavy (non-hydrogen) atoms. The van der Waals surface area contributed by atoms with Crippen molar-refractivity contribution in [2.75, 3.05) is 7.11 Å². The van der Waals surface area contributed by atoms with Crippen molar-refractivity contribution in [1.29, 1.82) is 0 Å². The number of benzene rings is 1. The lowest BCUT2D eigenvalue weighted by Gasteiger charge is -2.40. The Kier molecular flexibility index (Phi) is 3.08. The predicted octanol–water partition coefficient (Wildman–Crippen LogP) is 2.46. The number of rotatable bonds is 2. The average Bonchev–Trinajstić information content (AvgIpc) is 2.31. The van der Waals surface area contributed by atoms with Crippen LogP contribution in [0.2, 0.25) is 0 Å². The Morgan fingerprint density at radius 2 is 2.00 bits per heavy atom. The molecule has 1 aromatic carbocycles. The van der Waals surface area contributed by atoms with Crippen molar-refractivity contribution in [3.63, 3.8) is 0 Å². The zero-order valence-electron chi connectivity index (χ0n) is 9.15. The maximum Gasteiger partial charge on any atom is 0.118 e. The minimum absolute atomic E-state index is 0.376. The van der Waals surface area contributed by atoms with Gasteiger partial charge in [-0.15, -0.1) is 0 Å². The third-order valence-corrected chi connectivity index (χ3v) is 3.44. The molecule has 0 radical (unpaired) electrons. The largest absolute Gasteiger partial charge is 0.390 e. The van der Waals surface area contributed by atoms with E-state index < -0.39 is 5.60 Å². The molecule has 1 aliphatic rings. The first-order valence-corrected chi connectivity index (χ1v) is 5.58. The minimum Gasteiger partial charge on any atom is -0.390 e. The molecule has 0 aromatic heterocycles. The molecule has 0 heterocycles.